The Morgan fingerprint density at radius 1 is 1.21 bits per heavy atom. The third-order valence-electron chi connectivity index (χ3n) is 5.40. The minimum atomic E-state index is -1.24. The van der Waals surface area contributed by atoms with Gasteiger partial charge in [0.2, 0.25) is 0 Å². The number of benzene rings is 1. The number of hydrogen-bond donors (Lipinski definition) is 6. The number of nitrogens with two attached hydrogens (primary N) is 1. The highest BCUT2D eigenvalue weighted by atomic mass is 16.6. The number of amidine groups is 1. The molecule has 156 valence electrons. The van der Waals surface area contributed by atoms with Crippen molar-refractivity contribution >= 4 is 17.9 Å². The molecule has 3 aliphatic heterocycles. The number of hydrogen-bond acceptors (Lipinski definition) is 11. The quantitative estimate of drug-likeness (QED) is 0.313. The summed E-state index contributed by atoms with van der Waals surface area (Å²) in [6, 6.07) is 4.55. The number of aryl methyl sites for hydroxylation is 1. The van der Waals surface area contributed by atoms with E-state index in [0.717, 1.165) is 5.56 Å². The fourth-order valence-corrected chi connectivity index (χ4v) is 3.72. The van der Waals surface area contributed by atoms with E-state index in [1.54, 1.807) is 11.0 Å². The molecule has 0 bridgehead atoms. The first-order valence-electron chi connectivity index (χ1n) is 9.19. The summed E-state index contributed by atoms with van der Waals surface area (Å²) < 4.78 is 5.57. The summed E-state index contributed by atoms with van der Waals surface area (Å²) >= 11 is 0. The number of phenols is 2. The van der Waals surface area contributed by atoms with Gasteiger partial charge in [0.25, 0.3) is 0 Å². The van der Waals surface area contributed by atoms with Gasteiger partial charge in [0.15, 0.2) is 29.2 Å². The monoisotopic (exact) mass is 405 g/mol. The highest BCUT2D eigenvalue weighted by Crippen LogP contribution is 2.31. The number of aromatic hydroxyl groups is 2. The number of phenolic OH excluding ortho intramolecular Hbond substituents is 2. The summed E-state index contributed by atoms with van der Waals surface area (Å²) in [6.45, 7) is -0.312. The number of ether oxygens (including phenoxy) is 1. The first-order chi connectivity index (χ1) is 13.8. The molecule has 1 fully saturated rings. The van der Waals surface area contributed by atoms with E-state index < -0.39 is 36.8 Å². The van der Waals surface area contributed by atoms with Gasteiger partial charge >= 0.3 is 0 Å². The molecule has 0 saturated carbocycles. The zero-order valence-corrected chi connectivity index (χ0v) is 15.5. The maximum absolute atomic E-state index is 10.3. The van der Waals surface area contributed by atoms with Crippen LogP contribution in [-0.2, 0) is 11.2 Å². The van der Waals surface area contributed by atoms with Gasteiger partial charge in [-0.15, -0.1) is 0 Å². The molecule has 29 heavy (non-hydrogen) atoms. The summed E-state index contributed by atoms with van der Waals surface area (Å²) in [5.41, 5.74) is 6.53. The van der Waals surface area contributed by atoms with Crippen LogP contribution in [0.4, 0.5) is 0 Å². The number of aliphatic imine (C=N–C) groups is 3. The summed E-state index contributed by atoms with van der Waals surface area (Å²) in [5, 5.41) is 48.7. The predicted molar refractivity (Wildman–Crippen MR) is 103 cm³/mol. The van der Waals surface area contributed by atoms with Crippen LogP contribution < -0.4 is 5.73 Å². The molecule has 1 unspecified atom stereocenters. The van der Waals surface area contributed by atoms with Crippen molar-refractivity contribution < 1.29 is 30.3 Å². The lowest BCUT2D eigenvalue weighted by atomic mass is 9.94. The van der Waals surface area contributed by atoms with Crippen molar-refractivity contribution in [2.24, 2.45) is 20.7 Å². The van der Waals surface area contributed by atoms with Crippen LogP contribution in [-0.4, -0.2) is 91.8 Å². The molecule has 3 heterocycles. The Labute approximate surface area is 166 Å². The highest BCUT2D eigenvalue weighted by Gasteiger charge is 2.50. The van der Waals surface area contributed by atoms with Crippen LogP contribution in [0.1, 0.15) is 12.0 Å². The van der Waals surface area contributed by atoms with Crippen LogP contribution in [0.5, 0.6) is 11.5 Å². The maximum atomic E-state index is 10.3. The maximum Gasteiger partial charge on any atom is 0.162 e. The van der Waals surface area contributed by atoms with Crippen LogP contribution in [0.15, 0.2) is 33.2 Å². The average molecular weight is 405 g/mol. The van der Waals surface area contributed by atoms with Crippen LogP contribution in [0, 0.1) is 0 Å². The second kappa shape index (κ2) is 7.35. The lowest BCUT2D eigenvalue weighted by Crippen LogP contribution is -2.55. The molecule has 1 saturated heterocycles. The van der Waals surface area contributed by atoms with E-state index in [1.807, 2.05) is 0 Å². The fourth-order valence-electron chi connectivity index (χ4n) is 3.72. The van der Waals surface area contributed by atoms with Gasteiger partial charge in [-0.05, 0) is 30.5 Å². The lowest BCUT2D eigenvalue weighted by molar-refractivity contribution is -0.0688. The van der Waals surface area contributed by atoms with Crippen LogP contribution >= 0.6 is 0 Å². The zero-order valence-electron chi connectivity index (χ0n) is 15.5. The molecule has 7 N–H and O–H groups in total. The number of aliphatic hydroxyl groups excluding tert-OH is 3. The molecular formula is C18H23N5O6. The zero-order chi connectivity index (χ0) is 20.8. The summed E-state index contributed by atoms with van der Waals surface area (Å²) in [5.74, 6) is -0.0155. The van der Waals surface area contributed by atoms with Crippen molar-refractivity contribution in [2.45, 2.75) is 43.0 Å². The molecule has 0 amide bonds. The minimum Gasteiger partial charge on any atom is -0.504 e. The molecule has 3 aliphatic rings. The van der Waals surface area contributed by atoms with E-state index >= 15 is 0 Å². The van der Waals surface area contributed by atoms with Gasteiger partial charge in [0, 0.05) is 0 Å². The van der Waals surface area contributed by atoms with Gasteiger partial charge in [-0.1, -0.05) is 6.07 Å². The average Bonchev–Trinajstić information content (AvgIpc) is 3.25. The Kier molecular flexibility index (Phi) is 5.00. The molecule has 0 aliphatic carbocycles. The van der Waals surface area contributed by atoms with Crippen molar-refractivity contribution in [3.05, 3.63) is 23.8 Å². The van der Waals surface area contributed by atoms with Crippen molar-refractivity contribution in [1.29, 1.82) is 0 Å². The fraction of sp³-hybridized carbons (Fsp3) is 0.500. The van der Waals surface area contributed by atoms with Gasteiger partial charge in [-0.2, -0.15) is 0 Å². The van der Waals surface area contributed by atoms with E-state index in [2.05, 4.69) is 15.0 Å². The molecule has 0 spiro atoms. The summed E-state index contributed by atoms with van der Waals surface area (Å²) in [6.07, 6.45) is -2.15. The smallest absolute Gasteiger partial charge is 0.162 e. The molecule has 0 radical (unpaired) electrons. The second-order valence-electron chi connectivity index (χ2n) is 7.29. The molecule has 11 heteroatoms. The van der Waals surface area contributed by atoms with Gasteiger partial charge in [0.05, 0.1) is 6.61 Å². The summed E-state index contributed by atoms with van der Waals surface area (Å²) in [4.78, 5) is 14.5. The third-order valence-corrected chi connectivity index (χ3v) is 5.40. The Bertz CT molecular complexity index is 889. The molecule has 11 nitrogen and oxygen atoms in total. The van der Waals surface area contributed by atoms with E-state index in [0.29, 0.717) is 24.4 Å². The highest BCUT2D eigenvalue weighted by molar-refractivity contribution is 6.47. The Morgan fingerprint density at radius 3 is 2.69 bits per heavy atom. The standard InChI is InChI=1S/C18H23N5O6/c19-18(4-3-9-1-2-10(25)11(26)5-9)15-16(20-7-22-18)23(8-21-15)17-14(28)13(27)12(6-24)29-17/h1-2,5,7,12-14,17,24-28H,3-4,6,8,19H2/t12-,13-,14-,17-,18?/m1/s1. The van der Waals surface area contributed by atoms with Gasteiger partial charge < -0.3 is 40.9 Å². The Balaban J connectivity index is 1.49. The Morgan fingerprint density at radius 2 is 2.00 bits per heavy atom. The number of aliphatic hydroxyl groups is 3. The van der Waals surface area contributed by atoms with Gasteiger partial charge in [0.1, 0.15) is 37.0 Å². The SMILES string of the molecule is NC1(CCc2ccc(O)c(O)c2)N=CN=C2C1=NCN2[C@@H]1O[C@H](CO)[C@@H](O)[C@H]1O. The molecule has 5 atom stereocenters. The van der Waals surface area contributed by atoms with Crippen molar-refractivity contribution in [2.75, 3.05) is 13.3 Å². The van der Waals surface area contributed by atoms with E-state index in [1.165, 1.54) is 18.5 Å². The molecule has 1 aromatic rings. The second-order valence-corrected chi connectivity index (χ2v) is 7.29. The first kappa shape index (κ1) is 19.7. The molecule has 4 rings (SSSR count). The van der Waals surface area contributed by atoms with Crippen LogP contribution in [0.3, 0.4) is 0 Å². The topological polar surface area (TPSA) is 177 Å². The van der Waals surface area contributed by atoms with E-state index in [4.69, 9.17) is 10.5 Å². The molecular weight excluding hydrogens is 382 g/mol. The normalized spacial score (nSPS) is 33.6. The Hall–Kier alpha value is -2.57. The number of fused-ring (bicyclic) bond motifs is 1. The summed E-state index contributed by atoms with van der Waals surface area (Å²) in [7, 11) is 0. The van der Waals surface area contributed by atoms with Crippen LogP contribution in [0.25, 0.3) is 0 Å². The van der Waals surface area contributed by atoms with E-state index in [9.17, 15) is 25.5 Å². The van der Waals surface area contributed by atoms with Crippen molar-refractivity contribution in [3.63, 3.8) is 0 Å². The van der Waals surface area contributed by atoms with Gasteiger partial charge in [-0.3, -0.25) is 4.99 Å². The van der Waals surface area contributed by atoms with Crippen molar-refractivity contribution in [1.82, 2.24) is 4.90 Å². The first-order valence-corrected chi connectivity index (χ1v) is 9.19. The predicted octanol–water partition coefficient (Wildman–Crippen LogP) is -1.72. The minimum absolute atomic E-state index is 0.114. The molecule has 1 aromatic carbocycles. The van der Waals surface area contributed by atoms with Crippen molar-refractivity contribution in [3.8, 4) is 11.5 Å². The third kappa shape index (κ3) is 3.36. The number of rotatable bonds is 5. The van der Waals surface area contributed by atoms with E-state index in [-0.39, 0.29) is 18.2 Å². The largest absolute Gasteiger partial charge is 0.504 e. The number of nitrogens with zero attached hydrogens (tertiary/aromatic N) is 4. The van der Waals surface area contributed by atoms with Gasteiger partial charge in [-0.25, -0.2) is 9.98 Å². The lowest BCUT2D eigenvalue weighted by Gasteiger charge is -2.32. The van der Waals surface area contributed by atoms with Crippen LogP contribution in [0.2, 0.25) is 0 Å². The molecule has 0 aromatic heterocycles.